The molecule has 6 heteroatoms. The molecule has 1 aliphatic heterocycles. The maximum absolute atomic E-state index is 12.8. The molecule has 0 atom stereocenters. The topological polar surface area (TPSA) is 53.3 Å². The van der Waals surface area contributed by atoms with E-state index in [0.29, 0.717) is 21.5 Å². The fourth-order valence-electron chi connectivity index (χ4n) is 2.49. The van der Waals surface area contributed by atoms with Gasteiger partial charge < -0.3 is 4.74 Å². The maximum atomic E-state index is 12.8. The Morgan fingerprint density at radius 1 is 1.23 bits per heavy atom. The predicted octanol–water partition coefficient (Wildman–Crippen LogP) is 4.30. The maximum Gasteiger partial charge on any atom is 0.266 e. The molecule has 0 aliphatic carbocycles. The highest BCUT2D eigenvalue weighted by Crippen LogP contribution is 2.35. The van der Waals surface area contributed by atoms with Gasteiger partial charge >= 0.3 is 0 Å². The van der Waals surface area contributed by atoms with Crippen LogP contribution in [0.15, 0.2) is 53.4 Å². The van der Waals surface area contributed by atoms with Crippen LogP contribution in [0.2, 0.25) is 0 Å². The minimum atomic E-state index is -0.115. The number of ether oxygens (including phenoxy) is 1. The largest absolute Gasteiger partial charge is 0.478 e. The van der Waals surface area contributed by atoms with Gasteiger partial charge in [-0.1, -0.05) is 72.0 Å². The Hall–Kier alpha value is -2.62. The molecule has 0 radical (unpaired) electrons. The third-order valence-corrected chi connectivity index (χ3v) is 5.21. The Bertz CT molecular complexity index is 914. The lowest BCUT2D eigenvalue weighted by molar-refractivity contribution is -0.122. The number of rotatable bonds is 5. The van der Waals surface area contributed by atoms with Gasteiger partial charge in [-0.15, -0.1) is 0 Å². The van der Waals surface area contributed by atoms with Gasteiger partial charge in [0.15, 0.2) is 6.61 Å². The Morgan fingerprint density at radius 3 is 2.69 bits per heavy atom. The molecule has 2 aromatic rings. The molecule has 1 aliphatic rings. The van der Waals surface area contributed by atoms with E-state index in [1.54, 1.807) is 17.0 Å². The average molecular weight is 380 g/mol. The fourth-order valence-corrected chi connectivity index (χ4v) is 3.74. The lowest BCUT2D eigenvalue weighted by Crippen LogP contribution is -2.27. The zero-order chi connectivity index (χ0) is 18.5. The molecule has 4 nitrogen and oxygen atoms in total. The van der Waals surface area contributed by atoms with E-state index in [9.17, 15) is 4.79 Å². The standard InChI is InChI=1S/C20H16N2O2S2/c1-14-6-8-15(9-7-14)13-22-19(23)18(26-20(22)25)12-16-4-2-3-5-17(16)24-11-10-21/h2-9,12H,11,13H2,1H3/b18-12-. The van der Waals surface area contributed by atoms with E-state index in [0.717, 1.165) is 11.1 Å². The summed E-state index contributed by atoms with van der Waals surface area (Å²) >= 11 is 6.67. The van der Waals surface area contributed by atoms with E-state index >= 15 is 0 Å². The van der Waals surface area contributed by atoms with Gasteiger partial charge in [0.1, 0.15) is 16.1 Å². The van der Waals surface area contributed by atoms with E-state index in [-0.39, 0.29) is 12.5 Å². The summed E-state index contributed by atoms with van der Waals surface area (Å²) in [6, 6.07) is 17.3. The number of aryl methyl sites for hydroxylation is 1. The van der Waals surface area contributed by atoms with Crippen molar-refractivity contribution in [3.05, 3.63) is 70.1 Å². The van der Waals surface area contributed by atoms with Crippen LogP contribution >= 0.6 is 24.0 Å². The smallest absolute Gasteiger partial charge is 0.266 e. The first-order valence-corrected chi connectivity index (χ1v) is 9.20. The van der Waals surface area contributed by atoms with Crippen molar-refractivity contribution < 1.29 is 9.53 Å². The van der Waals surface area contributed by atoms with Crippen molar-refractivity contribution in [3.8, 4) is 11.8 Å². The second-order valence-electron chi connectivity index (χ2n) is 5.74. The number of thiocarbonyl (C=S) groups is 1. The van der Waals surface area contributed by atoms with E-state index in [1.807, 2.05) is 55.5 Å². The number of amides is 1. The van der Waals surface area contributed by atoms with Gasteiger partial charge in [0, 0.05) is 5.56 Å². The van der Waals surface area contributed by atoms with Crippen LogP contribution in [0.25, 0.3) is 6.08 Å². The van der Waals surface area contributed by atoms with Crippen LogP contribution in [-0.4, -0.2) is 21.7 Å². The van der Waals surface area contributed by atoms with E-state index in [2.05, 4.69) is 0 Å². The summed E-state index contributed by atoms with van der Waals surface area (Å²) in [5, 5.41) is 8.70. The SMILES string of the molecule is Cc1ccc(CN2C(=O)/C(=C/c3ccccc3OCC#N)SC2=S)cc1. The summed E-state index contributed by atoms with van der Waals surface area (Å²) in [4.78, 5) is 14.9. The van der Waals surface area contributed by atoms with Crippen molar-refractivity contribution >= 4 is 40.3 Å². The fraction of sp³-hybridized carbons (Fsp3) is 0.150. The van der Waals surface area contributed by atoms with Gasteiger partial charge in [-0.25, -0.2) is 0 Å². The highest BCUT2D eigenvalue weighted by molar-refractivity contribution is 8.26. The number of hydrogen-bond acceptors (Lipinski definition) is 5. The highest BCUT2D eigenvalue weighted by Gasteiger charge is 2.32. The number of thioether (sulfide) groups is 1. The highest BCUT2D eigenvalue weighted by atomic mass is 32.2. The predicted molar refractivity (Wildman–Crippen MR) is 107 cm³/mol. The van der Waals surface area contributed by atoms with E-state index < -0.39 is 0 Å². The van der Waals surface area contributed by atoms with Crippen LogP contribution in [-0.2, 0) is 11.3 Å². The van der Waals surface area contributed by atoms with Crippen LogP contribution < -0.4 is 4.74 Å². The van der Waals surface area contributed by atoms with Gasteiger partial charge in [-0.2, -0.15) is 5.26 Å². The molecule has 0 spiro atoms. The van der Waals surface area contributed by atoms with Crippen LogP contribution in [0.4, 0.5) is 0 Å². The molecule has 1 fully saturated rings. The molecule has 26 heavy (non-hydrogen) atoms. The number of nitriles is 1. The molecule has 0 unspecified atom stereocenters. The summed E-state index contributed by atoms with van der Waals surface area (Å²) in [7, 11) is 0. The van der Waals surface area contributed by atoms with E-state index in [1.165, 1.54) is 17.3 Å². The van der Waals surface area contributed by atoms with Gasteiger partial charge in [-0.3, -0.25) is 9.69 Å². The van der Waals surface area contributed by atoms with E-state index in [4.69, 9.17) is 22.2 Å². The van der Waals surface area contributed by atoms with Gasteiger partial charge in [0.2, 0.25) is 0 Å². The van der Waals surface area contributed by atoms with Crippen LogP contribution in [0.3, 0.4) is 0 Å². The molecule has 1 heterocycles. The Labute approximate surface area is 162 Å². The average Bonchev–Trinajstić information content (AvgIpc) is 2.90. The van der Waals surface area contributed by atoms with Crippen molar-refractivity contribution in [2.45, 2.75) is 13.5 Å². The minimum Gasteiger partial charge on any atom is -0.478 e. The molecule has 1 saturated heterocycles. The number of carbonyl (C=O) groups is 1. The molecular weight excluding hydrogens is 364 g/mol. The second-order valence-corrected chi connectivity index (χ2v) is 7.41. The Morgan fingerprint density at radius 2 is 1.96 bits per heavy atom. The summed E-state index contributed by atoms with van der Waals surface area (Å²) in [5.41, 5.74) is 2.96. The van der Waals surface area contributed by atoms with Crippen molar-refractivity contribution in [3.63, 3.8) is 0 Å². The van der Waals surface area contributed by atoms with Gasteiger partial charge in [0.25, 0.3) is 5.91 Å². The quantitative estimate of drug-likeness (QED) is 0.572. The number of carbonyl (C=O) groups excluding carboxylic acids is 1. The van der Waals surface area contributed by atoms with Crippen molar-refractivity contribution in [1.82, 2.24) is 4.90 Å². The normalized spacial score (nSPS) is 15.4. The summed E-state index contributed by atoms with van der Waals surface area (Å²) in [5.74, 6) is 0.452. The molecule has 1 amide bonds. The zero-order valence-electron chi connectivity index (χ0n) is 14.1. The van der Waals surface area contributed by atoms with Crippen molar-refractivity contribution in [2.24, 2.45) is 0 Å². The van der Waals surface area contributed by atoms with Crippen LogP contribution in [0.1, 0.15) is 16.7 Å². The second kappa shape index (κ2) is 8.17. The number of hydrogen-bond donors (Lipinski definition) is 0. The number of para-hydroxylation sites is 1. The molecule has 2 aromatic carbocycles. The molecule has 0 bridgehead atoms. The molecule has 0 N–H and O–H groups in total. The van der Waals surface area contributed by atoms with Crippen LogP contribution in [0.5, 0.6) is 5.75 Å². The number of nitrogens with zero attached hydrogens (tertiary/aromatic N) is 2. The Balaban J connectivity index is 1.81. The molecular formula is C20H16N2O2S2. The third kappa shape index (κ3) is 4.13. The first-order valence-electron chi connectivity index (χ1n) is 7.98. The zero-order valence-corrected chi connectivity index (χ0v) is 15.8. The molecule has 0 aromatic heterocycles. The molecule has 130 valence electrons. The summed E-state index contributed by atoms with van der Waals surface area (Å²) < 4.78 is 5.96. The lowest BCUT2D eigenvalue weighted by atomic mass is 10.1. The minimum absolute atomic E-state index is 0.0424. The van der Waals surface area contributed by atoms with Crippen LogP contribution in [0, 0.1) is 18.3 Å². The summed E-state index contributed by atoms with van der Waals surface area (Å²) in [6.45, 7) is 2.44. The first kappa shape index (κ1) is 18.2. The molecule has 0 saturated carbocycles. The first-order chi connectivity index (χ1) is 12.6. The Kier molecular flexibility index (Phi) is 5.71. The van der Waals surface area contributed by atoms with Crippen molar-refractivity contribution in [2.75, 3.05) is 6.61 Å². The van der Waals surface area contributed by atoms with Crippen molar-refractivity contribution in [1.29, 1.82) is 5.26 Å². The number of benzene rings is 2. The van der Waals surface area contributed by atoms with Gasteiger partial charge in [0.05, 0.1) is 11.4 Å². The summed E-state index contributed by atoms with van der Waals surface area (Å²) in [6.07, 6.45) is 1.77. The monoisotopic (exact) mass is 380 g/mol. The lowest BCUT2D eigenvalue weighted by Gasteiger charge is -2.14. The van der Waals surface area contributed by atoms with Gasteiger partial charge in [-0.05, 0) is 24.6 Å². The third-order valence-electron chi connectivity index (χ3n) is 3.83. The molecule has 3 rings (SSSR count).